The van der Waals surface area contributed by atoms with E-state index in [0.717, 1.165) is 38.3 Å². The van der Waals surface area contributed by atoms with Crippen LogP contribution < -0.4 is 0 Å². The zero-order valence-electron chi connectivity index (χ0n) is 16.6. The van der Waals surface area contributed by atoms with Gasteiger partial charge in [-0.3, -0.25) is 9.69 Å². The quantitative estimate of drug-likeness (QED) is 0.639. The number of fused-ring (bicyclic) bond motifs is 3. The molecule has 1 atom stereocenters. The topological polar surface area (TPSA) is 25.2 Å². The van der Waals surface area contributed by atoms with Crippen LogP contribution in [-0.4, -0.2) is 28.3 Å². The molecule has 5 rings (SSSR count). The lowest BCUT2D eigenvalue weighted by molar-refractivity contribution is 0.0894. The average Bonchev–Trinajstić information content (AvgIpc) is 3.20. The molecule has 1 unspecified atom stereocenters. The highest BCUT2D eigenvalue weighted by atomic mass is 16.1. The number of hydrogen-bond acceptors (Lipinski definition) is 2. The van der Waals surface area contributed by atoms with Gasteiger partial charge in [-0.25, -0.2) is 0 Å². The second kappa shape index (κ2) is 7.21. The van der Waals surface area contributed by atoms with Crippen LogP contribution in [0, 0.1) is 18.8 Å². The van der Waals surface area contributed by atoms with E-state index in [9.17, 15) is 4.79 Å². The van der Waals surface area contributed by atoms with Crippen molar-refractivity contribution in [2.45, 2.75) is 39.3 Å². The van der Waals surface area contributed by atoms with Gasteiger partial charge < -0.3 is 4.57 Å². The maximum atomic E-state index is 13.1. The van der Waals surface area contributed by atoms with E-state index >= 15 is 0 Å². The predicted molar refractivity (Wildman–Crippen MR) is 114 cm³/mol. The van der Waals surface area contributed by atoms with Crippen LogP contribution in [0.1, 0.15) is 40.9 Å². The van der Waals surface area contributed by atoms with Crippen molar-refractivity contribution < 1.29 is 4.79 Å². The normalized spacial score (nSPS) is 20.8. The van der Waals surface area contributed by atoms with Crippen LogP contribution in [0.2, 0.25) is 0 Å². The first-order chi connectivity index (χ1) is 13.7. The summed E-state index contributed by atoms with van der Waals surface area (Å²) in [6.45, 7) is 6.32. The molecule has 3 nitrogen and oxygen atoms in total. The van der Waals surface area contributed by atoms with E-state index in [-0.39, 0.29) is 5.92 Å². The van der Waals surface area contributed by atoms with Crippen molar-refractivity contribution in [3.8, 4) is 0 Å². The van der Waals surface area contributed by atoms with Crippen LogP contribution in [0.4, 0.5) is 0 Å². The first-order valence-electron chi connectivity index (χ1n) is 10.6. The van der Waals surface area contributed by atoms with Crippen molar-refractivity contribution in [2.75, 3.05) is 13.1 Å². The predicted octanol–water partition coefficient (Wildman–Crippen LogP) is 5.06. The standard InChI is InChI=1S/C25H28N2O/c1-18-22-9-5-6-10-23(22)27-17-21(25(28)24(18)27)15-19-11-13-26(14-12-19)16-20-7-3-2-4-8-20/h2-10,19,21H,11-17H2,1H3. The Labute approximate surface area is 167 Å². The Morgan fingerprint density at radius 2 is 1.68 bits per heavy atom. The molecule has 144 valence electrons. The minimum absolute atomic E-state index is 0.170. The number of carbonyl (C=O) groups is 1. The molecular formula is C25H28N2O. The van der Waals surface area contributed by atoms with E-state index in [4.69, 9.17) is 0 Å². The Hall–Kier alpha value is -2.39. The summed E-state index contributed by atoms with van der Waals surface area (Å²) in [7, 11) is 0. The van der Waals surface area contributed by atoms with Crippen LogP contribution in [-0.2, 0) is 13.1 Å². The van der Waals surface area contributed by atoms with Crippen molar-refractivity contribution in [3.05, 3.63) is 71.4 Å². The zero-order chi connectivity index (χ0) is 19.1. The number of rotatable bonds is 4. The maximum Gasteiger partial charge on any atom is 0.184 e. The van der Waals surface area contributed by atoms with E-state index in [1.165, 1.54) is 34.9 Å². The number of hydrogen-bond donors (Lipinski definition) is 0. The fourth-order valence-corrected chi connectivity index (χ4v) is 5.29. The summed E-state index contributed by atoms with van der Waals surface area (Å²) in [5, 5.41) is 1.23. The zero-order valence-corrected chi connectivity index (χ0v) is 16.6. The summed E-state index contributed by atoms with van der Waals surface area (Å²) in [6, 6.07) is 19.2. The number of Topliss-reactive ketones (excluding diaryl/α,β-unsaturated/α-hetero) is 1. The molecule has 3 heteroatoms. The van der Waals surface area contributed by atoms with E-state index in [1.54, 1.807) is 0 Å². The van der Waals surface area contributed by atoms with Gasteiger partial charge in [0, 0.05) is 29.9 Å². The van der Waals surface area contributed by atoms with E-state index in [1.807, 2.05) is 0 Å². The van der Waals surface area contributed by atoms with Crippen LogP contribution >= 0.6 is 0 Å². The van der Waals surface area contributed by atoms with Gasteiger partial charge >= 0.3 is 0 Å². The fraction of sp³-hybridized carbons (Fsp3) is 0.400. The van der Waals surface area contributed by atoms with E-state index in [2.05, 4.69) is 71.0 Å². The Morgan fingerprint density at radius 1 is 0.964 bits per heavy atom. The molecule has 28 heavy (non-hydrogen) atoms. The summed E-state index contributed by atoms with van der Waals surface area (Å²) in [5.41, 5.74) is 4.76. The second-order valence-electron chi connectivity index (χ2n) is 8.60. The van der Waals surface area contributed by atoms with Crippen molar-refractivity contribution in [2.24, 2.45) is 11.8 Å². The molecule has 0 saturated carbocycles. The summed E-state index contributed by atoms with van der Waals surface area (Å²) >= 11 is 0. The van der Waals surface area contributed by atoms with Gasteiger partial charge in [-0.1, -0.05) is 48.5 Å². The lowest BCUT2D eigenvalue weighted by Crippen LogP contribution is -2.34. The molecule has 3 heterocycles. The van der Waals surface area contributed by atoms with Crippen molar-refractivity contribution >= 4 is 16.7 Å². The van der Waals surface area contributed by atoms with Gasteiger partial charge in [0.15, 0.2) is 5.78 Å². The Morgan fingerprint density at radius 3 is 2.46 bits per heavy atom. The Balaban J connectivity index is 1.22. The van der Waals surface area contributed by atoms with Crippen LogP contribution in [0.25, 0.3) is 10.9 Å². The molecule has 2 aliphatic rings. The molecule has 0 N–H and O–H groups in total. The third-order valence-corrected chi connectivity index (χ3v) is 6.81. The molecule has 1 fully saturated rings. The van der Waals surface area contributed by atoms with Crippen LogP contribution in [0.15, 0.2) is 54.6 Å². The molecule has 0 spiro atoms. The van der Waals surface area contributed by atoms with Crippen molar-refractivity contribution in [1.82, 2.24) is 9.47 Å². The lowest BCUT2D eigenvalue weighted by atomic mass is 9.85. The highest BCUT2D eigenvalue weighted by Gasteiger charge is 2.36. The number of nitrogens with zero attached hydrogens (tertiary/aromatic N) is 2. The molecule has 0 aliphatic carbocycles. The molecule has 2 aliphatic heterocycles. The summed E-state index contributed by atoms with van der Waals surface area (Å²) in [4.78, 5) is 15.7. The molecule has 0 amide bonds. The van der Waals surface area contributed by atoms with Gasteiger partial charge in [0.25, 0.3) is 0 Å². The van der Waals surface area contributed by atoms with Gasteiger partial charge in [0.2, 0.25) is 0 Å². The highest BCUT2D eigenvalue weighted by Crippen LogP contribution is 2.37. The molecule has 3 aromatic rings. The highest BCUT2D eigenvalue weighted by molar-refractivity contribution is 6.05. The monoisotopic (exact) mass is 372 g/mol. The van der Waals surface area contributed by atoms with Crippen molar-refractivity contribution in [3.63, 3.8) is 0 Å². The van der Waals surface area contributed by atoms with Gasteiger partial charge in [0.05, 0.1) is 5.69 Å². The Kier molecular flexibility index (Phi) is 4.56. The van der Waals surface area contributed by atoms with Gasteiger partial charge in [0.1, 0.15) is 0 Å². The number of ketones is 1. The van der Waals surface area contributed by atoms with Gasteiger partial charge in [-0.15, -0.1) is 0 Å². The molecule has 1 saturated heterocycles. The summed E-state index contributed by atoms with van der Waals surface area (Å²) in [6.07, 6.45) is 3.48. The number of likely N-dealkylation sites (tertiary alicyclic amines) is 1. The molecular weight excluding hydrogens is 344 g/mol. The van der Waals surface area contributed by atoms with Crippen molar-refractivity contribution in [1.29, 1.82) is 0 Å². The van der Waals surface area contributed by atoms with E-state index in [0.29, 0.717) is 11.7 Å². The number of benzene rings is 2. The number of aromatic nitrogens is 1. The summed E-state index contributed by atoms with van der Waals surface area (Å²) < 4.78 is 2.28. The first kappa shape index (κ1) is 17.7. The molecule has 0 radical (unpaired) electrons. The molecule has 1 aromatic heterocycles. The van der Waals surface area contributed by atoms with Crippen LogP contribution in [0.3, 0.4) is 0 Å². The number of aryl methyl sites for hydroxylation is 1. The smallest absolute Gasteiger partial charge is 0.184 e. The minimum atomic E-state index is 0.170. The van der Waals surface area contributed by atoms with Gasteiger partial charge in [-0.2, -0.15) is 0 Å². The molecule has 0 bridgehead atoms. The number of piperidine rings is 1. The fourth-order valence-electron chi connectivity index (χ4n) is 5.29. The van der Waals surface area contributed by atoms with Gasteiger partial charge in [-0.05, 0) is 62.4 Å². The maximum absolute atomic E-state index is 13.1. The Bertz CT molecular complexity index is 996. The third kappa shape index (κ3) is 3.08. The second-order valence-corrected chi connectivity index (χ2v) is 8.60. The average molecular weight is 373 g/mol. The van der Waals surface area contributed by atoms with Crippen LogP contribution in [0.5, 0.6) is 0 Å². The first-order valence-corrected chi connectivity index (χ1v) is 10.6. The lowest BCUT2D eigenvalue weighted by Gasteiger charge is -2.32. The third-order valence-electron chi connectivity index (χ3n) is 6.81. The minimum Gasteiger partial charge on any atom is -0.337 e. The molecule has 2 aromatic carbocycles. The summed E-state index contributed by atoms with van der Waals surface area (Å²) in [5.74, 6) is 1.22. The number of para-hydroxylation sites is 1. The largest absolute Gasteiger partial charge is 0.337 e. The SMILES string of the molecule is Cc1c2n(c3ccccc13)CC(CC1CCN(Cc3ccccc3)CC1)C2=O. The van der Waals surface area contributed by atoms with E-state index < -0.39 is 0 Å². The number of carbonyl (C=O) groups excluding carboxylic acids is 1.